The Morgan fingerprint density at radius 3 is 2.90 bits per heavy atom. The Kier molecular flexibility index (Phi) is 2.85. The van der Waals surface area contributed by atoms with Gasteiger partial charge in [-0.1, -0.05) is 0 Å². The summed E-state index contributed by atoms with van der Waals surface area (Å²) in [6.45, 7) is 0.285. The van der Waals surface area contributed by atoms with Crippen LogP contribution in [0.3, 0.4) is 0 Å². The van der Waals surface area contributed by atoms with E-state index in [2.05, 4.69) is 15.9 Å². The maximum absolute atomic E-state index is 9.21. The van der Waals surface area contributed by atoms with Gasteiger partial charge in [-0.15, -0.1) is 11.3 Å². The number of rotatable bonds is 2. The molecule has 10 heavy (non-hydrogen) atoms. The van der Waals surface area contributed by atoms with E-state index in [0.29, 0.717) is 0 Å². The van der Waals surface area contributed by atoms with E-state index in [9.17, 15) is 5.11 Å². The van der Waals surface area contributed by atoms with Gasteiger partial charge in [0.15, 0.2) is 0 Å². The van der Waals surface area contributed by atoms with Crippen molar-refractivity contribution in [3.63, 3.8) is 0 Å². The van der Waals surface area contributed by atoms with Gasteiger partial charge in [0.1, 0.15) is 6.10 Å². The number of aliphatic hydroxyl groups excluding tert-OH is 1. The summed E-state index contributed by atoms with van der Waals surface area (Å²) in [5.41, 5.74) is 5.25. The average molecular weight is 222 g/mol. The highest BCUT2D eigenvalue weighted by molar-refractivity contribution is 9.10. The maximum atomic E-state index is 9.21. The Hall–Kier alpha value is 0.1000. The molecule has 0 radical (unpaired) electrons. The molecule has 2 nitrogen and oxygen atoms in total. The number of hydrogen-bond donors (Lipinski definition) is 2. The van der Waals surface area contributed by atoms with E-state index in [0.717, 1.165) is 9.35 Å². The number of halogens is 1. The molecule has 0 amide bonds. The number of aliphatic hydroxyl groups is 1. The van der Waals surface area contributed by atoms with Crippen molar-refractivity contribution in [3.8, 4) is 0 Å². The van der Waals surface area contributed by atoms with Crippen LogP contribution in [0.15, 0.2) is 15.9 Å². The van der Waals surface area contributed by atoms with Gasteiger partial charge in [0.25, 0.3) is 0 Å². The number of thiophene rings is 1. The molecule has 0 fully saturated rings. The van der Waals surface area contributed by atoms with E-state index in [4.69, 9.17) is 5.73 Å². The SMILES string of the molecule is NC[C@@H](O)c1cc(Br)cs1. The summed E-state index contributed by atoms with van der Waals surface area (Å²) >= 11 is 4.79. The number of hydrogen-bond acceptors (Lipinski definition) is 3. The van der Waals surface area contributed by atoms with Gasteiger partial charge in [-0.25, -0.2) is 0 Å². The van der Waals surface area contributed by atoms with Crippen LogP contribution >= 0.6 is 27.3 Å². The molecule has 0 aliphatic carbocycles. The van der Waals surface area contributed by atoms with Gasteiger partial charge in [0.05, 0.1) is 0 Å². The van der Waals surface area contributed by atoms with Crippen molar-refractivity contribution in [2.45, 2.75) is 6.10 Å². The summed E-state index contributed by atoms with van der Waals surface area (Å²) in [4.78, 5) is 0.911. The minimum absolute atomic E-state index is 0.285. The third kappa shape index (κ3) is 1.79. The molecule has 0 bridgehead atoms. The third-order valence-corrected chi connectivity index (χ3v) is 2.93. The van der Waals surface area contributed by atoms with Gasteiger partial charge in [-0.2, -0.15) is 0 Å². The molecule has 3 N–H and O–H groups in total. The van der Waals surface area contributed by atoms with E-state index >= 15 is 0 Å². The molecule has 0 saturated heterocycles. The van der Waals surface area contributed by atoms with Crippen molar-refractivity contribution in [1.82, 2.24) is 0 Å². The quantitative estimate of drug-likeness (QED) is 0.796. The first-order valence-corrected chi connectivity index (χ1v) is 4.53. The Morgan fingerprint density at radius 1 is 1.80 bits per heavy atom. The monoisotopic (exact) mass is 221 g/mol. The zero-order chi connectivity index (χ0) is 7.56. The molecular weight excluding hydrogens is 214 g/mol. The Balaban J connectivity index is 2.74. The lowest BCUT2D eigenvalue weighted by molar-refractivity contribution is 0.190. The van der Waals surface area contributed by atoms with Gasteiger partial charge in [-0.05, 0) is 22.0 Å². The van der Waals surface area contributed by atoms with Crippen LogP contribution < -0.4 is 5.73 Å². The van der Waals surface area contributed by atoms with Gasteiger partial charge >= 0.3 is 0 Å². The Bertz CT molecular complexity index is 213. The fourth-order valence-electron chi connectivity index (χ4n) is 0.619. The first-order valence-electron chi connectivity index (χ1n) is 2.86. The van der Waals surface area contributed by atoms with Crippen LogP contribution in [0.25, 0.3) is 0 Å². The largest absolute Gasteiger partial charge is 0.386 e. The summed E-state index contributed by atoms with van der Waals surface area (Å²) in [6.07, 6.45) is -0.503. The van der Waals surface area contributed by atoms with Crippen molar-refractivity contribution in [2.75, 3.05) is 6.54 Å². The van der Waals surface area contributed by atoms with Crippen LogP contribution in [0.4, 0.5) is 0 Å². The highest BCUT2D eigenvalue weighted by atomic mass is 79.9. The highest BCUT2D eigenvalue weighted by Crippen LogP contribution is 2.24. The first kappa shape index (κ1) is 8.20. The van der Waals surface area contributed by atoms with Gasteiger partial charge in [-0.3, -0.25) is 0 Å². The molecule has 0 aromatic carbocycles. The minimum Gasteiger partial charge on any atom is -0.386 e. The van der Waals surface area contributed by atoms with Crippen LogP contribution in [0.1, 0.15) is 11.0 Å². The van der Waals surface area contributed by atoms with E-state index in [-0.39, 0.29) is 6.54 Å². The van der Waals surface area contributed by atoms with Crippen molar-refractivity contribution in [2.24, 2.45) is 5.73 Å². The second-order valence-corrected chi connectivity index (χ2v) is 3.78. The molecule has 0 spiro atoms. The fourth-order valence-corrected chi connectivity index (χ4v) is 2.06. The topological polar surface area (TPSA) is 46.2 Å². The summed E-state index contributed by atoms with van der Waals surface area (Å²) in [7, 11) is 0. The maximum Gasteiger partial charge on any atom is 0.100 e. The van der Waals surface area contributed by atoms with Crippen LogP contribution in [0.2, 0.25) is 0 Å². The molecule has 1 heterocycles. The van der Waals surface area contributed by atoms with E-state index < -0.39 is 6.10 Å². The van der Waals surface area contributed by atoms with Gasteiger partial charge in [0, 0.05) is 21.3 Å². The summed E-state index contributed by atoms with van der Waals surface area (Å²) in [6, 6.07) is 1.88. The molecular formula is C6H8BrNOS. The first-order chi connectivity index (χ1) is 4.74. The van der Waals surface area contributed by atoms with Crippen LogP contribution in [-0.4, -0.2) is 11.7 Å². The predicted molar refractivity (Wildman–Crippen MR) is 46.0 cm³/mol. The zero-order valence-electron chi connectivity index (χ0n) is 5.25. The molecule has 0 aliphatic heterocycles. The zero-order valence-corrected chi connectivity index (χ0v) is 7.65. The fraction of sp³-hybridized carbons (Fsp3) is 0.333. The molecule has 0 aliphatic rings. The molecule has 4 heteroatoms. The standard InChI is InChI=1S/C6H8BrNOS/c7-4-1-6(10-3-4)5(9)2-8/h1,3,5,9H,2,8H2/t5-/m1/s1. The predicted octanol–water partition coefficient (Wildman–Crippen LogP) is 1.50. The molecule has 1 rings (SSSR count). The van der Waals surface area contributed by atoms with E-state index in [1.807, 2.05) is 11.4 Å². The smallest absolute Gasteiger partial charge is 0.100 e. The minimum atomic E-state index is -0.503. The lowest BCUT2D eigenvalue weighted by Crippen LogP contribution is -2.09. The van der Waals surface area contributed by atoms with Gasteiger partial charge < -0.3 is 10.8 Å². The summed E-state index contributed by atoms with van der Waals surface area (Å²) in [5, 5.41) is 11.1. The average Bonchev–Trinajstić information content (AvgIpc) is 2.34. The summed E-state index contributed by atoms with van der Waals surface area (Å²) in [5.74, 6) is 0. The van der Waals surface area contributed by atoms with Crippen molar-refractivity contribution in [3.05, 3.63) is 20.8 Å². The second-order valence-electron chi connectivity index (χ2n) is 1.92. The Labute approximate surface area is 71.8 Å². The highest BCUT2D eigenvalue weighted by Gasteiger charge is 2.06. The van der Waals surface area contributed by atoms with Gasteiger partial charge in [0.2, 0.25) is 0 Å². The molecule has 1 aromatic heterocycles. The third-order valence-electron chi connectivity index (χ3n) is 1.14. The van der Waals surface area contributed by atoms with Crippen molar-refractivity contribution < 1.29 is 5.11 Å². The molecule has 1 atom stereocenters. The van der Waals surface area contributed by atoms with Crippen LogP contribution in [0.5, 0.6) is 0 Å². The van der Waals surface area contributed by atoms with Crippen LogP contribution in [-0.2, 0) is 0 Å². The van der Waals surface area contributed by atoms with Crippen molar-refractivity contribution in [1.29, 1.82) is 0 Å². The molecule has 1 aromatic rings. The summed E-state index contributed by atoms with van der Waals surface area (Å²) < 4.78 is 1.00. The van der Waals surface area contributed by atoms with Crippen LogP contribution in [0, 0.1) is 0 Å². The normalized spacial score (nSPS) is 13.5. The molecule has 56 valence electrons. The molecule has 0 saturated carbocycles. The van der Waals surface area contributed by atoms with Crippen molar-refractivity contribution >= 4 is 27.3 Å². The second kappa shape index (κ2) is 3.48. The Morgan fingerprint density at radius 2 is 2.50 bits per heavy atom. The molecule has 0 unspecified atom stereocenters. The number of nitrogens with two attached hydrogens (primary N) is 1. The van der Waals surface area contributed by atoms with E-state index in [1.54, 1.807) is 0 Å². The lowest BCUT2D eigenvalue weighted by atomic mass is 10.3. The lowest BCUT2D eigenvalue weighted by Gasteiger charge is -2.01. The van der Waals surface area contributed by atoms with E-state index in [1.165, 1.54) is 11.3 Å².